The normalized spacial score (nSPS) is 19.5. The van der Waals surface area contributed by atoms with Gasteiger partial charge in [-0.2, -0.15) is 0 Å². The highest BCUT2D eigenvalue weighted by Crippen LogP contribution is 2.47. The number of methoxy groups -OCH3 is 2. The van der Waals surface area contributed by atoms with Crippen LogP contribution in [0.2, 0.25) is 0 Å². The fraction of sp³-hybridized carbons (Fsp3) is 0.562. The third-order valence-electron chi connectivity index (χ3n) is 4.33. The van der Waals surface area contributed by atoms with Crippen molar-refractivity contribution in [3.8, 4) is 11.5 Å². The van der Waals surface area contributed by atoms with Crippen molar-refractivity contribution in [1.29, 1.82) is 0 Å². The molecule has 22 heavy (non-hydrogen) atoms. The van der Waals surface area contributed by atoms with Gasteiger partial charge in [0, 0.05) is 13.1 Å². The van der Waals surface area contributed by atoms with E-state index in [-0.39, 0.29) is 11.6 Å². The van der Waals surface area contributed by atoms with E-state index in [2.05, 4.69) is 5.32 Å². The minimum atomic E-state index is -0.269. The summed E-state index contributed by atoms with van der Waals surface area (Å²) in [5, 5.41) is 3.18. The summed E-state index contributed by atoms with van der Waals surface area (Å²) in [6.45, 7) is 2.51. The molecule has 0 radical (unpaired) electrons. The minimum absolute atomic E-state index is 0.0180. The van der Waals surface area contributed by atoms with Crippen LogP contribution >= 0.6 is 0 Å². The average molecular weight is 306 g/mol. The number of nitrogens with zero attached hydrogens (tertiary/aromatic N) is 1. The van der Waals surface area contributed by atoms with Crippen LogP contribution in [-0.4, -0.2) is 51.5 Å². The Morgan fingerprint density at radius 1 is 1.18 bits per heavy atom. The summed E-state index contributed by atoms with van der Waals surface area (Å²) in [6.07, 6.45) is 1.89. The zero-order valence-corrected chi connectivity index (χ0v) is 13.1. The average Bonchev–Trinajstić information content (AvgIpc) is 3.35. The number of morpholine rings is 1. The van der Waals surface area contributed by atoms with Crippen LogP contribution in [0, 0.1) is 0 Å². The lowest BCUT2D eigenvalue weighted by Gasteiger charge is -2.29. The van der Waals surface area contributed by atoms with E-state index in [9.17, 15) is 4.79 Å². The van der Waals surface area contributed by atoms with Gasteiger partial charge >= 0.3 is 6.03 Å². The van der Waals surface area contributed by atoms with Crippen LogP contribution in [0.25, 0.3) is 0 Å². The summed E-state index contributed by atoms with van der Waals surface area (Å²) in [7, 11) is 3.23. The molecule has 0 aromatic heterocycles. The van der Waals surface area contributed by atoms with Gasteiger partial charge in [-0.25, -0.2) is 4.79 Å². The van der Waals surface area contributed by atoms with E-state index in [1.807, 2.05) is 23.1 Å². The van der Waals surface area contributed by atoms with Crippen molar-refractivity contribution in [1.82, 2.24) is 10.2 Å². The summed E-state index contributed by atoms with van der Waals surface area (Å²) >= 11 is 0. The molecule has 3 rings (SSSR count). The van der Waals surface area contributed by atoms with Crippen LogP contribution < -0.4 is 14.8 Å². The second kappa shape index (κ2) is 6.04. The lowest BCUT2D eigenvalue weighted by Crippen LogP contribution is -2.49. The number of nitrogens with one attached hydrogen (secondary N) is 1. The Morgan fingerprint density at radius 2 is 1.86 bits per heavy atom. The second-order valence-corrected chi connectivity index (χ2v) is 5.68. The van der Waals surface area contributed by atoms with Gasteiger partial charge < -0.3 is 24.4 Å². The highest BCUT2D eigenvalue weighted by atomic mass is 16.5. The molecule has 120 valence electrons. The first kappa shape index (κ1) is 15.0. The van der Waals surface area contributed by atoms with E-state index < -0.39 is 0 Å². The van der Waals surface area contributed by atoms with E-state index in [1.54, 1.807) is 14.2 Å². The molecule has 0 unspecified atom stereocenters. The predicted octanol–water partition coefficient (Wildman–Crippen LogP) is 1.73. The van der Waals surface area contributed by atoms with Crippen LogP contribution in [0.1, 0.15) is 18.4 Å². The number of urea groups is 1. The van der Waals surface area contributed by atoms with Crippen molar-refractivity contribution < 1.29 is 19.0 Å². The number of hydrogen-bond donors (Lipinski definition) is 1. The number of amides is 2. The van der Waals surface area contributed by atoms with Gasteiger partial charge in [0.05, 0.1) is 33.0 Å². The predicted molar refractivity (Wildman–Crippen MR) is 81.4 cm³/mol. The molecular weight excluding hydrogens is 284 g/mol. The molecule has 1 aliphatic heterocycles. The molecule has 0 atom stereocenters. The fourth-order valence-corrected chi connectivity index (χ4v) is 2.79. The fourth-order valence-electron chi connectivity index (χ4n) is 2.79. The summed E-state index contributed by atoms with van der Waals surface area (Å²) in [5.41, 5.74) is 0.793. The maximum atomic E-state index is 12.4. The molecule has 0 bridgehead atoms. The number of benzene rings is 1. The van der Waals surface area contributed by atoms with Crippen molar-refractivity contribution in [2.45, 2.75) is 18.4 Å². The van der Waals surface area contributed by atoms with Crippen LogP contribution in [0.4, 0.5) is 4.79 Å². The number of carbonyl (C=O) groups excluding carboxylic acids is 1. The van der Waals surface area contributed by atoms with Crippen molar-refractivity contribution in [3.63, 3.8) is 0 Å². The van der Waals surface area contributed by atoms with E-state index >= 15 is 0 Å². The van der Waals surface area contributed by atoms with Crippen LogP contribution in [0.15, 0.2) is 18.2 Å². The summed E-state index contributed by atoms with van der Waals surface area (Å²) < 4.78 is 15.9. The van der Waals surface area contributed by atoms with E-state index in [0.29, 0.717) is 37.8 Å². The van der Waals surface area contributed by atoms with Crippen LogP contribution in [0.3, 0.4) is 0 Å². The van der Waals surface area contributed by atoms with Crippen LogP contribution in [0.5, 0.6) is 11.5 Å². The smallest absolute Gasteiger partial charge is 0.318 e. The molecule has 1 aliphatic carbocycles. The molecule has 1 heterocycles. The Morgan fingerprint density at radius 3 is 2.45 bits per heavy atom. The molecule has 1 saturated carbocycles. The van der Waals surface area contributed by atoms with Gasteiger partial charge in [-0.05, 0) is 30.5 Å². The van der Waals surface area contributed by atoms with Gasteiger partial charge in [-0.3, -0.25) is 0 Å². The van der Waals surface area contributed by atoms with Gasteiger partial charge in [-0.1, -0.05) is 6.07 Å². The molecule has 1 aromatic rings. The van der Waals surface area contributed by atoms with Crippen molar-refractivity contribution in [2.24, 2.45) is 0 Å². The quantitative estimate of drug-likeness (QED) is 0.920. The first-order valence-corrected chi connectivity index (χ1v) is 7.56. The summed E-state index contributed by atoms with van der Waals surface area (Å²) in [4.78, 5) is 14.2. The number of rotatable bonds is 4. The Hall–Kier alpha value is -1.95. The van der Waals surface area contributed by atoms with E-state index in [4.69, 9.17) is 14.2 Å². The highest BCUT2D eigenvalue weighted by molar-refractivity contribution is 5.76. The van der Waals surface area contributed by atoms with Crippen LogP contribution in [-0.2, 0) is 10.3 Å². The zero-order valence-electron chi connectivity index (χ0n) is 13.1. The Balaban J connectivity index is 1.74. The molecular formula is C16H22N2O4. The van der Waals surface area contributed by atoms with Crippen molar-refractivity contribution in [3.05, 3.63) is 23.8 Å². The minimum Gasteiger partial charge on any atom is -0.493 e. The molecule has 0 spiro atoms. The summed E-state index contributed by atoms with van der Waals surface area (Å²) in [6, 6.07) is 5.81. The Bertz CT molecular complexity index is 551. The van der Waals surface area contributed by atoms with Gasteiger partial charge in [0.2, 0.25) is 0 Å². The molecule has 2 fully saturated rings. The topological polar surface area (TPSA) is 60.0 Å². The number of hydrogen-bond acceptors (Lipinski definition) is 4. The first-order valence-electron chi connectivity index (χ1n) is 7.56. The third kappa shape index (κ3) is 2.83. The third-order valence-corrected chi connectivity index (χ3v) is 4.33. The molecule has 1 saturated heterocycles. The SMILES string of the molecule is COc1ccc(C2(NC(=O)N3CCOCC3)CC2)cc1OC. The largest absolute Gasteiger partial charge is 0.493 e. The number of carbonyl (C=O) groups is 1. The lowest BCUT2D eigenvalue weighted by molar-refractivity contribution is 0.0522. The maximum absolute atomic E-state index is 12.4. The summed E-state index contributed by atoms with van der Waals surface area (Å²) in [5.74, 6) is 1.38. The van der Waals surface area contributed by atoms with Gasteiger partial charge in [-0.15, -0.1) is 0 Å². The van der Waals surface area contributed by atoms with Crippen molar-refractivity contribution >= 4 is 6.03 Å². The Kier molecular flexibility index (Phi) is 4.11. The van der Waals surface area contributed by atoms with Gasteiger partial charge in [0.1, 0.15) is 0 Å². The molecule has 2 aliphatic rings. The molecule has 1 aromatic carbocycles. The lowest BCUT2D eigenvalue weighted by atomic mass is 10.0. The molecule has 1 N–H and O–H groups in total. The van der Waals surface area contributed by atoms with E-state index in [0.717, 1.165) is 18.4 Å². The van der Waals surface area contributed by atoms with Gasteiger partial charge in [0.25, 0.3) is 0 Å². The zero-order chi connectivity index (χ0) is 15.6. The molecule has 6 nitrogen and oxygen atoms in total. The maximum Gasteiger partial charge on any atom is 0.318 e. The second-order valence-electron chi connectivity index (χ2n) is 5.68. The van der Waals surface area contributed by atoms with Gasteiger partial charge in [0.15, 0.2) is 11.5 Å². The number of ether oxygens (including phenoxy) is 3. The molecule has 2 amide bonds. The highest BCUT2D eigenvalue weighted by Gasteiger charge is 2.46. The first-order chi connectivity index (χ1) is 10.7. The van der Waals surface area contributed by atoms with Crippen molar-refractivity contribution in [2.75, 3.05) is 40.5 Å². The van der Waals surface area contributed by atoms with E-state index in [1.165, 1.54) is 0 Å². The standard InChI is InChI=1S/C16H22N2O4/c1-20-13-4-3-12(11-14(13)21-2)16(5-6-16)17-15(19)18-7-9-22-10-8-18/h3-4,11H,5-10H2,1-2H3,(H,17,19). The molecule has 6 heteroatoms. The Labute approximate surface area is 130 Å². The monoisotopic (exact) mass is 306 g/mol.